The van der Waals surface area contributed by atoms with Crippen LogP contribution < -0.4 is 10.0 Å². The zero-order valence-corrected chi connectivity index (χ0v) is 36.8. The molecule has 344 valence electrons. The predicted molar refractivity (Wildman–Crippen MR) is 222 cm³/mol. The molecule has 9 rings (SSSR count). The van der Waals surface area contributed by atoms with Crippen LogP contribution in [0.5, 0.6) is 0 Å². The molecule has 1 aliphatic heterocycles. The molecule has 2 N–H and O–H groups in total. The van der Waals surface area contributed by atoms with Crippen LogP contribution >= 0.6 is 11.6 Å². The van der Waals surface area contributed by atoms with Gasteiger partial charge in [0, 0.05) is 28.7 Å². The first-order chi connectivity index (χ1) is 30.3. The van der Waals surface area contributed by atoms with Gasteiger partial charge in [-0.05, 0) is 87.3 Å². The highest BCUT2D eigenvalue weighted by atomic mass is 35.5. The van der Waals surface area contributed by atoms with E-state index in [4.69, 9.17) is 21.3 Å². The molecular weight excluding hydrogens is 931 g/mol. The molecule has 1 amide bonds. The average molecular weight is 968 g/mol. The van der Waals surface area contributed by atoms with Crippen LogP contribution in [0.4, 0.5) is 36.6 Å². The number of carbonyl (C=O) groups is 1. The number of hydrogen-bond donors (Lipinski definition) is 2. The lowest BCUT2D eigenvalue weighted by Gasteiger charge is -2.28. The highest BCUT2D eigenvalue weighted by Crippen LogP contribution is 2.68. The van der Waals surface area contributed by atoms with E-state index in [-0.39, 0.29) is 69.5 Å². The number of ether oxygens (including phenoxy) is 1. The Bertz CT molecular complexity index is 3100. The van der Waals surface area contributed by atoms with Gasteiger partial charge in [0.2, 0.25) is 15.9 Å². The van der Waals surface area contributed by atoms with Crippen LogP contribution in [0.1, 0.15) is 85.0 Å². The lowest BCUT2D eigenvalue weighted by molar-refractivity contribution is -0.142. The Morgan fingerprint density at radius 2 is 1.69 bits per heavy atom. The topological polar surface area (TPSA) is 167 Å². The van der Waals surface area contributed by atoms with Crippen molar-refractivity contribution in [2.24, 2.45) is 5.92 Å². The lowest BCUT2D eigenvalue weighted by Crippen LogP contribution is -2.35. The molecule has 4 heterocycles. The first-order valence-corrected chi connectivity index (χ1v) is 24.0. The molecule has 0 bridgehead atoms. The van der Waals surface area contributed by atoms with Gasteiger partial charge in [-0.3, -0.25) is 18.9 Å². The van der Waals surface area contributed by atoms with Crippen LogP contribution in [-0.4, -0.2) is 76.8 Å². The summed E-state index contributed by atoms with van der Waals surface area (Å²) in [7, 11) is -7.65. The number of rotatable bonds is 12. The maximum atomic E-state index is 15.6. The Hall–Kier alpha value is -5.24. The molecule has 2 saturated carbocycles. The van der Waals surface area contributed by atoms with Crippen molar-refractivity contribution in [3.05, 3.63) is 93.0 Å². The van der Waals surface area contributed by atoms with Crippen LogP contribution in [0.15, 0.2) is 42.5 Å². The fraction of sp³-hybridized carbons (Fsp3) is 0.429. The number of hydrogen-bond acceptors (Lipinski definition) is 9. The summed E-state index contributed by atoms with van der Waals surface area (Å²) in [4.78, 5) is 18.9. The number of alkyl halides is 5. The largest absolute Gasteiger partial charge is 0.435 e. The molecule has 0 spiro atoms. The quantitative estimate of drug-likeness (QED) is 0.0971. The summed E-state index contributed by atoms with van der Waals surface area (Å²) >= 11 is 6.73. The first kappa shape index (κ1) is 44.9. The third-order valence-corrected chi connectivity index (χ3v) is 15.7. The predicted octanol–water partition coefficient (Wildman–Crippen LogP) is 7.20. The standard InChI is InChI=1S/C42H37ClF7N7O6S2/c1-40(2,65(61,62)25-5-6-25)11-10-23-4-7-26(27-8-9-30(43)34-36(27)57(24-18-63-19-24)54-39(34)55-64(3,59)60)35(51-23)31(14-20-12-21(44)15-22(45)13-20)52-32(58)17-56-38-33(37(53-56)42(48,49)50)28-16-29(28)41(38,46)47/h4,7-9,12-13,15,24-25,28-29,31H,5-6,14,16-19H2,1-3H3,(H,52,58)(H,54,55)/t28-,29?,31-/m0/s1. The van der Waals surface area contributed by atoms with E-state index in [0.717, 1.165) is 18.4 Å². The van der Waals surface area contributed by atoms with Gasteiger partial charge < -0.3 is 10.1 Å². The van der Waals surface area contributed by atoms with Gasteiger partial charge in [-0.15, -0.1) is 0 Å². The van der Waals surface area contributed by atoms with E-state index in [1.165, 1.54) is 36.7 Å². The number of pyridine rings is 1. The van der Waals surface area contributed by atoms with Gasteiger partial charge in [0.15, 0.2) is 21.3 Å². The summed E-state index contributed by atoms with van der Waals surface area (Å²) < 4.78 is 163. The Kier molecular flexibility index (Phi) is 10.7. The van der Waals surface area contributed by atoms with Crippen molar-refractivity contribution in [3.8, 4) is 23.0 Å². The molecule has 3 atom stereocenters. The minimum atomic E-state index is -5.12. The normalized spacial score (nSPS) is 19.8. The summed E-state index contributed by atoms with van der Waals surface area (Å²) in [6.07, 6.45) is -3.89. The molecular formula is C42H37ClF7N7O6S2. The fourth-order valence-corrected chi connectivity index (χ4v) is 11.1. The summed E-state index contributed by atoms with van der Waals surface area (Å²) in [5.41, 5.74) is -2.71. The van der Waals surface area contributed by atoms with Crippen LogP contribution in [-0.2, 0) is 54.5 Å². The zero-order valence-electron chi connectivity index (χ0n) is 34.4. The second-order valence-electron chi connectivity index (χ2n) is 17.3. The summed E-state index contributed by atoms with van der Waals surface area (Å²) in [6, 6.07) is 6.55. The molecule has 65 heavy (non-hydrogen) atoms. The molecule has 1 saturated heterocycles. The summed E-state index contributed by atoms with van der Waals surface area (Å²) in [6.45, 7) is 2.07. The molecule has 3 aromatic heterocycles. The van der Waals surface area contributed by atoms with E-state index >= 15 is 8.78 Å². The number of carbonyl (C=O) groups excluding carboxylic acids is 1. The van der Waals surface area contributed by atoms with E-state index in [2.05, 4.69) is 32.1 Å². The molecule has 4 aliphatic rings. The number of halogens is 8. The van der Waals surface area contributed by atoms with Crippen LogP contribution in [0, 0.1) is 29.4 Å². The van der Waals surface area contributed by atoms with Crippen molar-refractivity contribution in [2.45, 2.75) is 86.2 Å². The van der Waals surface area contributed by atoms with E-state index in [0.29, 0.717) is 23.6 Å². The van der Waals surface area contributed by atoms with Crippen molar-refractivity contribution >= 4 is 54.1 Å². The minimum Gasteiger partial charge on any atom is -0.377 e. The molecule has 0 radical (unpaired) electrons. The van der Waals surface area contributed by atoms with E-state index in [9.17, 15) is 43.6 Å². The Balaban J connectivity index is 1.22. The zero-order chi connectivity index (χ0) is 46.8. The van der Waals surface area contributed by atoms with Crippen LogP contribution in [0.25, 0.3) is 22.0 Å². The first-order valence-electron chi connectivity index (χ1n) is 20.2. The molecule has 3 aliphatic carbocycles. The summed E-state index contributed by atoms with van der Waals surface area (Å²) in [5, 5.41) is 10.3. The third kappa shape index (κ3) is 8.22. The fourth-order valence-electron chi connectivity index (χ4n) is 8.60. The maximum absolute atomic E-state index is 15.6. The van der Waals surface area contributed by atoms with Gasteiger partial charge in [-0.25, -0.2) is 30.6 Å². The number of anilines is 1. The maximum Gasteiger partial charge on any atom is 0.435 e. The van der Waals surface area contributed by atoms with Crippen LogP contribution in [0.3, 0.4) is 0 Å². The number of nitrogens with zero attached hydrogens (tertiary/aromatic N) is 5. The molecule has 2 aromatic carbocycles. The van der Waals surface area contributed by atoms with Crippen molar-refractivity contribution < 1.29 is 57.1 Å². The minimum absolute atomic E-state index is 0.0443. The average Bonchev–Trinajstić information content (AvgIpc) is 4.09. The second kappa shape index (κ2) is 15.4. The number of amides is 1. The third-order valence-electron chi connectivity index (χ3n) is 12.0. The van der Waals surface area contributed by atoms with Gasteiger partial charge in [-0.2, -0.15) is 32.1 Å². The smallest absolute Gasteiger partial charge is 0.377 e. The number of fused-ring (bicyclic) bond motifs is 4. The molecule has 23 heteroatoms. The molecule has 5 aromatic rings. The molecule has 1 unspecified atom stereocenters. The number of sulfonamides is 1. The van der Waals surface area contributed by atoms with Crippen molar-refractivity contribution in [1.29, 1.82) is 0 Å². The highest BCUT2D eigenvalue weighted by molar-refractivity contribution is 7.93. The molecule has 13 nitrogen and oxygen atoms in total. The van der Waals surface area contributed by atoms with Crippen molar-refractivity contribution in [2.75, 3.05) is 24.2 Å². The van der Waals surface area contributed by atoms with Gasteiger partial charge in [0.25, 0.3) is 5.92 Å². The Morgan fingerprint density at radius 3 is 2.31 bits per heavy atom. The second-order valence-corrected chi connectivity index (χ2v) is 22.2. The van der Waals surface area contributed by atoms with Crippen molar-refractivity contribution in [1.82, 2.24) is 29.9 Å². The van der Waals surface area contributed by atoms with E-state index in [1.54, 1.807) is 6.07 Å². The monoisotopic (exact) mass is 967 g/mol. The molecule has 3 fully saturated rings. The lowest BCUT2D eigenvalue weighted by atomic mass is 9.93. The van der Waals surface area contributed by atoms with Gasteiger partial charge in [0.1, 0.15) is 34.3 Å². The van der Waals surface area contributed by atoms with E-state index < -0.39 is 113 Å². The number of aromatic nitrogens is 5. The Morgan fingerprint density at radius 1 is 1.02 bits per heavy atom. The number of benzene rings is 2. The van der Waals surface area contributed by atoms with Crippen molar-refractivity contribution in [3.63, 3.8) is 0 Å². The van der Waals surface area contributed by atoms with Crippen LogP contribution in [0.2, 0.25) is 5.02 Å². The highest BCUT2D eigenvalue weighted by Gasteiger charge is 2.68. The summed E-state index contributed by atoms with van der Waals surface area (Å²) in [5.74, 6) is -3.89. The van der Waals surface area contributed by atoms with Gasteiger partial charge in [0.05, 0.1) is 58.4 Å². The van der Waals surface area contributed by atoms with Gasteiger partial charge >= 0.3 is 6.18 Å². The Labute approximate surface area is 372 Å². The van der Waals surface area contributed by atoms with E-state index in [1.807, 2.05) is 0 Å². The number of nitrogens with one attached hydrogen (secondary N) is 2. The number of sulfone groups is 1. The SMILES string of the molecule is CC(C)(C#Cc1ccc(-c2ccc(Cl)c3c(NS(C)(=O)=O)nn(C4COC4)c23)c([C@H](Cc2cc(F)cc(F)c2)NC(=O)Cn2nc(C(F)(F)F)c3c2C(F)(F)C2C[C@H]32)n1)S(=O)(=O)C1CC1. The van der Waals surface area contributed by atoms with Gasteiger partial charge in [-0.1, -0.05) is 23.6 Å².